The van der Waals surface area contributed by atoms with E-state index in [1.165, 1.54) is 57.8 Å². The van der Waals surface area contributed by atoms with Crippen LogP contribution < -0.4 is 11.1 Å². The minimum Gasteiger partial charge on any atom is -0.391 e. The summed E-state index contributed by atoms with van der Waals surface area (Å²) < 4.78 is 22.0. The lowest BCUT2D eigenvalue weighted by Gasteiger charge is -2.25. The molecule has 1 amide bonds. The molecule has 0 rings (SSSR count). The highest BCUT2D eigenvalue weighted by Crippen LogP contribution is 2.43. The summed E-state index contributed by atoms with van der Waals surface area (Å²) >= 11 is 0. The van der Waals surface area contributed by atoms with E-state index < -0.39 is 20.0 Å². The molecule has 0 radical (unpaired) electrons. The van der Waals surface area contributed by atoms with Gasteiger partial charge in [-0.1, -0.05) is 134 Å². The standard InChI is InChI=1S/C35H67N2O6P/c1-3-5-7-9-11-13-15-17-19-21-23-25-27-29-35(39)37-33(32-43-44(40,41)42-31-30-36)34(38)28-26-24-22-20-18-16-14-12-10-8-6-4-2/h5,7,11,13,17,19,33-34,38H,3-4,6,8-10,12,14-16,18,20-32,36H2,1-2H3,(H,37,39)(H,40,41)/b7-5-,13-11-,19-17-. The van der Waals surface area contributed by atoms with E-state index in [1.54, 1.807) is 0 Å². The van der Waals surface area contributed by atoms with Gasteiger partial charge in [-0.2, -0.15) is 0 Å². The van der Waals surface area contributed by atoms with Crippen LogP contribution in [0.1, 0.15) is 149 Å². The fourth-order valence-electron chi connectivity index (χ4n) is 4.85. The van der Waals surface area contributed by atoms with Crippen LogP contribution >= 0.6 is 7.82 Å². The summed E-state index contributed by atoms with van der Waals surface area (Å²) in [7, 11) is -4.31. The SMILES string of the molecule is CC/C=C\C/C=C\C/C=C\CCCCCC(=O)NC(COP(=O)(O)OCCN)C(O)CCCCCCCCCCCCCC. The van der Waals surface area contributed by atoms with Crippen molar-refractivity contribution in [3.05, 3.63) is 36.5 Å². The Kier molecular flexibility index (Phi) is 30.8. The van der Waals surface area contributed by atoms with Gasteiger partial charge >= 0.3 is 7.82 Å². The number of unbranched alkanes of at least 4 members (excludes halogenated alkanes) is 14. The number of phosphoric acid groups is 1. The Morgan fingerprint density at radius 3 is 1.91 bits per heavy atom. The molecule has 8 nitrogen and oxygen atoms in total. The lowest BCUT2D eigenvalue weighted by molar-refractivity contribution is -0.123. The normalized spacial score (nSPS) is 14.9. The molecule has 0 saturated heterocycles. The Labute approximate surface area is 269 Å². The summed E-state index contributed by atoms with van der Waals surface area (Å²) in [4.78, 5) is 22.5. The van der Waals surface area contributed by atoms with Crippen LogP contribution in [0, 0.1) is 0 Å². The van der Waals surface area contributed by atoms with Crippen LogP contribution in [0.2, 0.25) is 0 Å². The average molecular weight is 643 g/mol. The van der Waals surface area contributed by atoms with Crippen molar-refractivity contribution in [3.63, 3.8) is 0 Å². The van der Waals surface area contributed by atoms with Crippen LogP contribution in [-0.2, 0) is 18.4 Å². The zero-order valence-corrected chi connectivity index (χ0v) is 29.0. The molecule has 3 unspecified atom stereocenters. The first kappa shape index (κ1) is 42.7. The third-order valence-electron chi connectivity index (χ3n) is 7.51. The summed E-state index contributed by atoms with van der Waals surface area (Å²) in [5.41, 5.74) is 5.35. The molecule has 3 atom stereocenters. The number of allylic oxidation sites excluding steroid dienone is 6. The van der Waals surface area contributed by atoms with Gasteiger partial charge in [0, 0.05) is 13.0 Å². The van der Waals surface area contributed by atoms with Crippen molar-refractivity contribution in [2.45, 2.75) is 161 Å². The largest absolute Gasteiger partial charge is 0.472 e. The Bertz CT molecular complexity index is 789. The molecule has 258 valence electrons. The second-order valence-corrected chi connectivity index (χ2v) is 13.2. The highest BCUT2D eigenvalue weighted by atomic mass is 31.2. The van der Waals surface area contributed by atoms with Crippen LogP contribution in [-0.4, -0.2) is 47.8 Å². The van der Waals surface area contributed by atoms with Gasteiger partial charge < -0.3 is 21.1 Å². The van der Waals surface area contributed by atoms with E-state index >= 15 is 0 Å². The number of amides is 1. The molecular weight excluding hydrogens is 575 g/mol. The van der Waals surface area contributed by atoms with E-state index in [0.29, 0.717) is 12.8 Å². The Balaban J connectivity index is 4.36. The molecule has 0 spiro atoms. The maximum atomic E-state index is 12.6. The Morgan fingerprint density at radius 1 is 0.773 bits per heavy atom. The van der Waals surface area contributed by atoms with Crippen molar-refractivity contribution in [3.8, 4) is 0 Å². The minimum atomic E-state index is -4.31. The molecule has 0 saturated carbocycles. The van der Waals surface area contributed by atoms with E-state index in [0.717, 1.165) is 64.2 Å². The van der Waals surface area contributed by atoms with Crippen LogP contribution in [0.15, 0.2) is 36.5 Å². The van der Waals surface area contributed by atoms with E-state index in [1.807, 2.05) is 0 Å². The first-order chi connectivity index (χ1) is 21.4. The van der Waals surface area contributed by atoms with Crippen LogP contribution in [0.5, 0.6) is 0 Å². The van der Waals surface area contributed by atoms with E-state index in [-0.39, 0.29) is 25.7 Å². The number of aliphatic hydroxyl groups excluding tert-OH is 1. The number of aliphatic hydroxyl groups is 1. The number of hydrogen-bond donors (Lipinski definition) is 4. The molecule has 0 aromatic carbocycles. The average Bonchev–Trinajstić information content (AvgIpc) is 3.01. The van der Waals surface area contributed by atoms with Crippen molar-refractivity contribution in [1.82, 2.24) is 5.32 Å². The van der Waals surface area contributed by atoms with Crippen LogP contribution in [0.3, 0.4) is 0 Å². The number of rotatable bonds is 32. The van der Waals surface area contributed by atoms with Crippen molar-refractivity contribution >= 4 is 13.7 Å². The monoisotopic (exact) mass is 642 g/mol. The molecule has 0 aromatic heterocycles. The Morgan fingerprint density at radius 2 is 1.32 bits per heavy atom. The van der Waals surface area contributed by atoms with Gasteiger partial charge in [0.1, 0.15) is 0 Å². The maximum Gasteiger partial charge on any atom is 0.472 e. The van der Waals surface area contributed by atoms with Gasteiger partial charge in [0.25, 0.3) is 0 Å². The minimum absolute atomic E-state index is 0.0828. The van der Waals surface area contributed by atoms with Crippen molar-refractivity contribution < 1.29 is 28.4 Å². The van der Waals surface area contributed by atoms with E-state index in [9.17, 15) is 19.4 Å². The van der Waals surface area contributed by atoms with Crippen molar-refractivity contribution in [1.29, 1.82) is 0 Å². The van der Waals surface area contributed by atoms with Gasteiger partial charge in [0.2, 0.25) is 5.91 Å². The lowest BCUT2D eigenvalue weighted by Crippen LogP contribution is -2.46. The first-order valence-electron chi connectivity index (χ1n) is 17.6. The van der Waals surface area contributed by atoms with Gasteiger partial charge in [0.15, 0.2) is 0 Å². The summed E-state index contributed by atoms with van der Waals surface area (Å²) in [5.74, 6) is -0.194. The van der Waals surface area contributed by atoms with Crippen molar-refractivity contribution in [2.75, 3.05) is 19.8 Å². The smallest absolute Gasteiger partial charge is 0.391 e. The fraction of sp³-hybridized carbons (Fsp3) is 0.800. The van der Waals surface area contributed by atoms with Crippen LogP contribution in [0.25, 0.3) is 0 Å². The second-order valence-electron chi connectivity index (χ2n) is 11.7. The highest BCUT2D eigenvalue weighted by molar-refractivity contribution is 7.47. The number of nitrogens with two attached hydrogens (primary N) is 1. The number of phosphoric ester groups is 1. The predicted octanol–water partition coefficient (Wildman–Crippen LogP) is 8.82. The number of carbonyl (C=O) groups excluding carboxylic acids is 1. The topological polar surface area (TPSA) is 131 Å². The second kappa shape index (κ2) is 31.7. The third-order valence-corrected chi connectivity index (χ3v) is 8.49. The quantitative estimate of drug-likeness (QED) is 0.0328. The maximum absolute atomic E-state index is 12.6. The molecule has 0 aromatic rings. The zero-order chi connectivity index (χ0) is 32.6. The predicted molar refractivity (Wildman–Crippen MR) is 184 cm³/mol. The Hall–Kier alpha value is -1.28. The molecule has 0 aliphatic heterocycles. The van der Waals surface area contributed by atoms with Gasteiger partial charge in [-0.05, 0) is 44.9 Å². The van der Waals surface area contributed by atoms with Crippen molar-refractivity contribution in [2.24, 2.45) is 5.73 Å². The number of nitrogens with one attached hydrogen (secondary N) is 1. The van der Waals surface area contributed by atoms with Gasteiger partial charge in [-0.25, -0.2) is 4.57 Å². The molecule has 0 bridgehead atoms. The highest BCUT2D eigenvalue weighted by Gasteiger charge is 2.27. The molecule has 0 fully saturated rings. The van der Waals surface area contributed by atoms with Gasteiger partial charge in [-0.15, -0.1) is 0 Å². The summed E-state index contributed by atoms with van der Waals surface area (Å²) in [6.45, 7) is 4.03. The molecule has 0 aliphatic carbocycles. The van der Waals surface area contributed by atoms with Crippen LogP contribution in [0.4, 0.5) is 0 Å². The summed E-state index contributed by atoms with van der Waals surface area (Å²) in [6.07, 6.45) is 34.3. The summed E-state index contributed by atoms with van der Waals surface area (Å²) in [6, 6.07) is -0.786. The molecule has 0 aliphatic rings. The van der Waals surface area contributed by atoms with Gasteiger partial charge in [0.05, 0.1) is 25.4 Å². The number of carbonyl (C=O) groups is 1. The molecule has 44 heavy (non-hydrogen) atoms. The fourth-order valence-corrected chi connectivity index (χ4v) is 5.61. The summed E-state index contributed by atoms with van der Waals surface area (Å²) in [5, 5.41) is 13.7. The zero-order valence-electron chi connectivity index (χ0n) is 28.1. The number of hydrogen-bond acceptors (Lipinski definition) is 6. The van der Waals surface area contributed by atoms with E-state index in [2.05, 4.69) is 55.6 Å². The van der Waals surface area contributed by atoms with Gasteiger partial charge in [-0.3, -0.25) is 13.8 Å². The molecule has 9 heteroatoms. The van der Waals surface area contributed by atoms with E-state index in [4.69, 9.17) is 14.8 Å². The molecule has 5 N–H and O–H groups in total. The molecular formula is C35H67N2O6P. The lowest BCUT2D eigenvalue weighted by atomic mass is 10.0. The first-order valence-corrected chi connectivity index (χ1v) is 19.1. The molecule has 0 heterocycles. The third kappa shape index (κ3) is 29.4.